The Morgan fingerprint density at radius 3 is 2.66 bits per heavy atom. The predicted octanol–water partition coefficient (Wildman–Crippen LogP) is 5.75. The van der Waals surface area contributed by atoms with Crippen molar-refractivity contribution in [3.8, 4) is 22.8 Å². The summed E-state index contributed by atoms with van der Waals surface area (Å²) in [6.45, 7) is 4.83. The van der Waals surface area contributed by atoms with E-state index in [1.54, 1.807) is 19.2 Å². The molecule has 2 aromatic carbocycles. The zero-order valence-corrected chi connectivity index (χ0v) is 18.6. The van der Waals surface area contributed by atoms with Crippen molar-refractivity contribution in [1.29, 1.82) is 0 Å². The largest absolute Gasteiger partial charge is 0.495 e. The summed E-state index contributed by atoms with van der Waals surface area (Å²) in [7, 11) is 1.58. The lowest BCUT2D eigenvalue weighted by Crippen LogP contribution is -2.12. The smallest absolute Gasteiger partial charge is 0.255 e. The highest BCUT2D eigenvalue weighted by molar-refractivity contribution is 6.05. The van der Waals surface area contributed by atoms with E-state index in [1.807, 2.05) is 66.2 Å². The molecule has 6 nitrogen and oxygen atoms in total. The van der Waals surface area contributed by atoms with Gasteiger partial charge in [0.25, 0.3) is 5.91 Å². The summed E-state index contributed by atoms with van der Waals surface area (Å²) in [6, 6.07) is 16.8. The first-order chi connectivity index (χ1) is 15.6. The van der Waals surface area contributed by atoms with Crippen molar-refractivity contribution in [3.63, 3.8) is 0 Å². The molecule has 4 aromatic rings. The maximum Gasteiger partial charge on any atom is 0.255 e. The average Bonchev–Trinajstić information content (AvgIpc) is 3.25. The molecule has 0 radical (unpaired) electrons. The van der Waals surface area contributed by atoms with E-state index in [1.165, 1.54) is 0 Å². The molecule has 0 aliphatic rings. The van der Waals surface area contributed by atoms with Gasteiger partial charge in [-0.15, -0.1) is 0 Å². The highest BCUT2D eigenvalue weighted by Gasteiger charge is 2.13. The van der Waals surface area contributed by atoms with Crippen LogP contribution in [0.5, 0.6) is 11.5 Å². The molecular weight excluding hydrogens is 402 g/mol. The summed E-state index contributed by atoms with van der Waals surface area (Å²) in [5, 5.41) is 2.97. The van der Waals surface area contributed by atoms with Crippen LogP contribution in [0.2, 0.25) is 0 Å². The number of ether oxygens (including phenoxy) is 2. The number of anilines is 1. The number of amides is 1. The minimum atomic E-state index is -0.216. The highest BCUT2D eigenvalue weighted by atomic mass is 16.5. The number of methoxy groups -OCH3 is 1. The molecule has 2 aromatic heterocycles. The second kappa shape index (κ2) is 9.56. The Labute approximate surface area is 187 Å². The standard InChI is InChI=1S/C26H27N3O3/c1-4-5-15-32-21-11-8-19(9-12-21)26(30)28-22-16-20(10-13-24(22)31-3)23-17-29-14-6-7-18(2)25(29)27-23/h6-14,16-17H,4-5,15H2,1-3H3,(H,28,30). The van der Waals surface area contributed by atoms with Gasteiger partial charge in [-0.2, -0.15) is 0 Å². The topological polar surface area (TPSA) is 64.9 Å². The lowest BCUT2D eigenvalue weighted by atomic mass is 10.1. The number of fused-ring (bicyclic) bond motifs is 1. The highest BCUT2D eigenvalue weighted by Crippen LogP contribution is 2.31. The number of imidazole rings is 1. The van der Waals surface area contributed by atoms with Gasteiger partial charge >= 0.3 is 0 Å². The van der Waals surface area contributed by atoms with E-state index in [0.29, 0.717) is 23.6 Å². The zero-order chi connectivity index (χ0) is 22.5. The molecule has 0 aliphatic carbocycles. The predicted molar refractivity (Wildman–Crippen MR) is 127 cm³/mol. The lowest BCUT2D eigenvalue weighted by Gasteiger charge is -2.12. The number of hydrogen-bond donors (Lipinski definition) is 1. The first kappa shape index (κ1) is 21.4. The number of benzene rings is 2. The van der Waals surface area contributed by atoms with Crippen LogP contribution in [0.25, 0.3) is 16.9 Å². The molecule has 4 rings (SSSR count). The number of hydrogen-bond acceptors (Lipinski definition) is 4. The quantitative estimate of drug-likeness (QED) is 0.362. The summed E-state index contributed by atoms with van der Waals surface area (Å²) in [4.78, 5) is 17.6. The molecule has 164 valence electrons. The number of unbranched alkanes of at least 4 members (excludes halogenated alkanes) is 1. The molecule has 6 heteroatoms. The van der Waals surface area contributed by atoms with Crippen LogP contribution in [0.1, 0.15) is 35.7 Å². The Balaban J connectivity index is 1.56. The summed E-state index contributed by atoms with van der Waals surface area (Å²) < 4.78 is 13.1. The molecular formula is C26H27N3O3. The Morgan fingerprint density at radius 2 is 1.94 bits per heavy atom. The van der Waals surface area contributed by atoms with Crippen molar-refractivity contribution in [2.45, 2.75) is 26.7 Å². The van der Waals surface area contributed by atoms with E-state index in [-0.39, 0.29) is 5.91 Å². The number of aryl methyl sites for hydroxylation is 1. The summed E-state index contributed by atoms with van der Waals surface area (Å²) in [5.41, 5.74) is 4.86. The van der Waals surface area contributed by atoms with Crippen molar-refractivity contribution in [2.75, 3.05) is 19.0 Å². The third kappa shape index (κ3) is 4.59. The minimum absolute atomic E-state index is 0.216. The van der Waals surface area contributed by atoms with Gasteiger partial charge in [0, 0.05) is 23.5 Å². The van der Waals surface area contributed by atoms with Crippen LogP contribution in [0.15, 0.2) is 67.0 Å². The molecule has 1 N–H and O–H groups in total. The van der Waals surface area contributed by atoms with Gasteiger partial charge < -0.3 is 19.2 Å². The van der Waals surface area contributed by atoms with Crippen molar-refractivity contribution >= 4 is 17.2 Å². The SMILES string of the molecule is CCCCOc1ccc(C(=O)Nc2cc(-c3cn4cccc(C)c4n3)ccc2OC)cc1. The summed E-state index contributed by atoms with van der Waals surface area (Å²) in [6.07, 6.45) is 6.04. The van der Waals surface area contributed by atoms with Crippen LogP contribution in [0.3, 0.4) is 0 Å². The molecule has 0 bridgehead atoms. The Morgan fingerprint density at radius 1 is 1.12 bits per heavy atom. The number of aromatic nitrogens is 2. The number of nitrogens with zero attached hydrogens (tertiary/aromatic N) is 2. The molecule has 32 heavy (non-hydrogen) atoms. The second-order valence-corrected chi connectivity index (χ2v) is 7.64. The minimum Gasteiger partial charge on any atom is -0.495 e. The molecule has 0 aliphatic heterocycles. The molecule has 0 saturated carbocycles. The number of rotatable bonds is 8. The number of carbonyl (C=O) groups excluding carboxylic acids is 1. The van der Waals surface area contributed by atoms with Gasteiger partial charge in [-0.25, -0.2) is 4.98 Å². The van der Waals surface area contributed by atoms with E-state index in [2.05, 4.69) is 12.2 Å². The summed E-state index contributed by atoms with van der Waals surface area (Å²) in [5.74, 6) is 1.13. The third-order valence-corrected chi connectivity index (χ3v) is 5.30. The van der Waals surface area contributed by atoms with E-state index in [4.69, 9.17) is 14.5 Å². The summed E-state index contributed by atoms with van der Waals surface area (Å²) >= 11 is 0. The van der Waals surface area contributed by atoms with E-state index >= 15 is 0 Å². The molecule has 0 spiro atoms. The van der Waals surface area contributed by atoms with Crippen molar-refractivity contribution in [1.82, 2.24) is 9.38 Å². The molecule has 1 amide bonds. The Hall–Kier alpha value is -3.80. The van der Waals surface area contributed by atoms with Crippen molar-refractivity contribution in [3.05, 3.63) is 78.1 Å². The van der Waals surface area contributed by atoms with E-state index in [0.717, 1.165) is 41.1 Å². The zero-order valence-electron chi connectivity index (χ0n) is 18.6. The van der Waals surface area contributed by atoms with Crippen LogP contribution in [-0.4, -0.2) is 29.0 Å². The Bertz CT molecular complexity index is 1230. The third-order valence-electron chi connectivity index (χ3n) is 5.30. The van der Waals surface area contributed by atoms with Gasteiger partial charge in [-0.3, -0.25) is 4.79 Å². The normalized spacial score (nSPS) is 10.8. The van der Waals surface area contributed by atoms with E-state index < -0.39 is 0 Å². The van der Waals surface area contributed by atoms with Crippen LogP contribution < -0.4 is 14.8 Å². The van der Waals surface area contributed by atoms with Crippen LogP contribution >= 0.6 is 0 Å². The fourth-order valence-corrected chi connectivity index (χ4v) is 3.49. The molecule has 0 saturated heterocycles. The fourth-order valence-electron chi connectivity index (χ4n) is 3.49. The molecule has 0 fully saturated rings. The first-order valence-electron chi connectivity index (χ1n) is 10.8. The molecule has 0 atom stereocenters. The van der Waals surface area contributed by atoms with Crippen LogP contribution in [0.4, 0.5) is 5.69 Å². The van der Waals surface area contributed by atoms with Gasteiger partial charge in [0.2, 0.25) is 0 Å². The Kier molecular flexibility index (Phi) is 6.40. The monoisotopic (exact) mass is 429 g/mol. The van der Waals surface area contributed by atoms with Crippen LogP contribution in [0, 0.1) is 6.92 Å². The maximum atomic E-state index is 12.9. The van der Waals surface area contributed by atoms with Gasteiger partial charge in [-0.05, 0) is 67.4 Å². The van der Waals surface area contributed by atoms with Crippen LogP contribution in [-0.2, 0) is 0 Å². The van der Waals surface area contributed by atoms with Crippen molar-refractivity contribution < 1.29 is 14.3 Å². The maximum absolute atomic E-state index is 12.9. The molecule has 0 unspecified atom stereocenters. The first-order valence-corrected chi connectivity index (χ1v) is 10.8. The van der Waals surface area contributed by atoms with Gasteiger partial charge in [0.15, 0.2) is 0 Å². The van der Waals surface area contributed by atoms with Gasteiger partial charge in [0.1, 0.15) is 17.1 Å². The number of nitrogens with one attached hydrogen (secondary N) is 1. The van der Waals surface area contributed by atoms with E-state index in [9.17, 15) is 4.79 Å². The van der Waals surface area contributed by atoms with Crippen molar-refractivity contribution in [2.24, 2.45) is 0 Å². The fraction of sp³-hybridized carbons (Fsp3) is 0.231. The van der Waals surface area contributed by atoms with Gasteiger partial charge in [0.05, 0.1) is 25.1 Å². The lowest BCUT2D eigenvalue weighted by molar-refractivity contribution is 0.102. The second-order valence-electron chi connectivity index (χ2n) is 7.64. The van der Waals surface area contributed by atoms with Gasteiger partial charge in [-0.1, -0.05) is 19.4 Å². The number of carbonyl (C=O) groups is 1. The average molecular weight is 430 g/mol. The number of pyridine rings is 1. The molecule has 2 heterocycles.